The molecule has 3 nitrogen and oxygen atoms in total. The third-order valence-electron chi connectivity index (χ3n) is 2.63. The maximum atomic E-state index is 11.2. The van der Waals surface area contributed by atoms with Gasteiger partial charge in [0.25, 0.3) is 0 Å². The SMILES string of the molecule is Cc1ccc(C)c(-n2cc(I)cc2C(=O)O)c1. The fourth-order valence-electron chi connectivity index (χ4n) is 1.77. The first-order chi connectivity index (χ1) is 7.99. The number of aromatic nitrogens is 1. The van der Waals surface area contributed by atoms with Crippen LogP contribution in [0.1, 0.15) is 21.6 Å². The molecule has 1 N–H and O–H groups in total. The summed E-state index contributed by atoms with van der Waals surface area (Å²) in [5.74, 6) is -0.908. The topological polar surface area (TPSA) is 42.2 Å². The Morgan fingerprint density at radius 1 is 1.29 bits per heavy atom. The van der Waals surface area contributed by atoms with E-state index in [0.29, 0.717) is 5.69 Å². The summed E-state index contributed by atoms with van der Waals surface area (Å²) in [6.07, 6.45) is 1.84. The van der Waals surface area contributed by atoms with Crippen LogP contribution in [0.3, 0.4) is 0 Å². The lowest BCUT2D eigenvalue weighted by molar-refractivity contribution is 0.0688. The van der Waals surface area contributed by atoms with Gasteiger partial charge in [0.2, 0.25) is 0 Å². The number of aromatic carboxylic acids is 1. The monoisotopic (exact) mass is 341 g/mol. The van der Waals surface area contributed by atoms with E-state index in [1.54, 1.807) is 10.6 Å². The summed E-state index contributed by atoms with van der Waals surface area (Å²) in [5, 5.41) is 9.18. The molecule has 0 aliphatic carbocycles. The molecular formula is C13H12INO2. The number of benzene rings is 1. The Labute approximate surface area is 113 Å². The van der Waals surface area contributed by atoms with Gasteiger partial charge in [0.15, 0.2) is 0 Å². The summed E-state index contributed by atoms with van der Waals surface area (Å²) in [6.45, 7) is 3.98. The van der Waals surface area contributed by atoms with Crippen LogP contribution in [0.2, 0.25) is 0 Å². The summed E-state index contributed by atoms with van der Waals surface area (Å²) >= 11 is 2.12. The number of aryl methyl sites for hydroxylation is 2. The molecule has 0 aliphatic heterocycles. The predicted octanol–water partition coefficient (Wildman–Crippen LogP) is 3.40. The molecule has 0 fully saturated rings. The first-order valence-corrected chi connectivity index (χ1v) is 6.25. The quantitative estimate of drug-likeness (QED) is 0.851. The van der Waals surface area contributed by atoms with Crippen molar-refractivity contribution in [3.63, 3.8) is 0 Å². The van der Waals surface area contributed by atoms with Crippen molar-refractivity contribution in [1.29, 1.82) is 0 Å². The van der Waals surface area contributed by atoms with Gasteiger partial charge in [0, 0.05) is 15.5 Å². The highest BCUT2D eigenvalue weighted by Crippen LogP contribution is 2.21. The first kappa shape index (κ1) is 12.2. The molecule has 0 saturated heterocycles. The van der Waals surface area contributed by atoms with E-state index in [2.05, 4.69) is 22.6 Å². The summed E-state index contributed by atoms with van der Waals surface area (Å²) in [6, 6.07) is 7.69. The van der Waals surface area contributed by atoms with Crippen molar-refractivity contribution in [3.8, 4) is 5.69 Å². The molecule has 2 aromatic rings. The van der Waals surface area contributed by atoms with Crippen LogP contribution in [-0.2, 0) is 0 Å². The molecule has 0 atom stereocenters. The number of nitrogens with zero attached hydrogens (tertiary/aromatic N) is 1. The molecule has 0 saturated carbocycles. The van der Waals surface area contributed by atoms with Gasteiger partial charge in [0.1, 0.15) is 5.69 Å². The molecule has 17 heavy (non-hydrogen) atoms. The number of hydrogen-bond donors (Lipinski definition) is 1. The van der Waals surface area contributed by atoms with Crippen molar-refractivity contribution in [2.24, 2.45) is 0 Å². The van der Waals surface area contributed by atoms with Crippen LogP contribution < -0.4 is 0 Å². The van der Waals surface area contributed by atoms with Crippen molar-refractivity contribution < 1.29 is 9.90 Å². The second kappa shape index (κ2) is 4.52. The van der Waals surface area contributed by atoms with Crippen LogP contribution in [0.4, 0.5) is 0 Å². The van der Waals surface area contributed by atoms with Gasteiger partial charge < -0.3 is 9.67 Å². The number of hydrogen-bond acceptors (Lipinski definition) is 1. The molecule has 1 aromatic carbocycles. The van der Waals surface area contributed by atoms with Gasteiger partial charge in [-0.25, -0.2) is 4.79 Å². The molecule has 0 amide bonds. The Bertz CT molecular complexity index is 587. The summed E-state index contributed by atoms with van der Waals surface area (Å²) in [5.41, 5.74) is 3.39. The largest absolute Gasteiger partial charge is 0.477 e. The summed E-state index contributed by atoms with van der Waals surface area (Å²) in [7, 11) is 0. The van der Waals surface area contributed by atoms with Crippen LogP contribution in [0, 0.1) is 17.4 Å². The molecular weight excluding hydrogens is 329 g/mol. The van der Waals surface area contributed by atoms with Crippen molar-refractivity contribution in [2.75, 3.05) is 0 Å². The zero-order valence-corrected chi connectivity index (χ0v) is 11.7. The van der Waals surface area contributed by atoms with Crippen LogP contribution in [-0.4, -0.2) is 15.6 Å². The van der Waals surface area contributed by atoms with Gasteiger partial charge in [-0.3, -0.25) is 0 Å². The number of carbonyl (C=O) groups is 1. The van der Waals surface area contributed by atoms with E-state index < -0.39 is 5.97 Å². The molecule has 0 radical (unpaired) electrons. The maximum absolute atomic E-state index is 11.2. The molecule has 0 unspecified atom stereocenters. The van der Waals surface area contributed by atoms with Crippen molar-refractivity contribution >= 4 is 28.6 Å². The summed E-state index contributed by atoms with van der Waals surface area (Å²) < 4.78 is 2.65. The van der Waals surface area contributed by atoms with E-state index in [1.165, 1.54) is 0 Å². The lowest BCUT2D eigenvalue weighted by atomic mass is 10.1. The molecule has 0 bridgehead atoms. The average Bonchev–Trinajstić information content (AvgIpc) is 2.64. The van der Waals surface area contributed by atoms with Gasteiger partial charge in [-0.15, -0.1) is 0 Å². The van der Waals surface area contributed by atoms with Gasteiger partial charge in [-0.1, -0.05) is 12.1 Å². The maximum Gasteiger partial charge on any atom is 0.352 e. The molecule has 0 aliphatic rings. The molecule has 88 valence electrons. The Morgan fingerprint density at radius 3 is 2.65 bits per heavy atom. The summed E-state index contributed by atoms with van der Waals surface area (Å²) in [4.78, 5) is 11.2. The van der Waals surface area contributed by atoms with Crippen LogP contribution >= 0.6 is 22.6 Å². The van der Waals surface area contributed by atoms with E-state index in [9.17, 15) is 9.90 Å². The van der Waals surface area contributed by atoms with E-state index in [4.69, 9.17) is 0 Å². The number of carboxylic acid groups (broad SMARTS) is 1. The van der Waals surface area contributed by atoms with Crippen LogP contribution in [0.25, 0.3) is 5.69 Å². The predicted molar refractivity (Wildman–Crippen MR) is 74.9 cm³/mol. The zero-order valence-electron chi connectivity index (χ0n) is 9.57. The highest BCUT2D eigenvalue weighted by atomic mass is 127. The zero-order chi connectivity index (χ0) is 12.6. The van der Waals surface area contributed by atoms with E-state index in [1.807, 2.05) is 38.2 Å². The third-order valence-corrected chi connectivity index (χ3v) is 3.22. The molecule has 1 aromatic heterocycles. The van der Waals surface area contributed by atoms with Crippen molar-refractivity contribution in [3.05, 3.63) is 50.9 Å². The lowest BCUT2D eigenvalue weighted by Crippen LogP contribution is -2.07. The Hall–Kier alpha value is -1.30. The standard InChI is InChI=1S/C13H12INO2/c1-8-3-4-9(2)11(5-8)15-7-10(14)6-12(15)13(16)17/h3-7H,1-2H3,(H,16,17). The molecule has 0 spiro atoms. The molecule has 4 heteroatoms. The van der Waals surface area contributed by atoms with E-state index >= 15 is 0 Å². The molecule has 1 heterocycles. The van der Waals surface area contributed by atoms with Gasteiger partial charge in [-0.2, -0.15) is 0 Å². The smallest absolute Gasteiger partial charge is 0.352 e. The number of rotatable bonds is 2. The highest BCUT2D eigenvalue weighted by Gasteiger charge is 2.14. The fourth-order valence-corrected chi connectivity index (χ4v) is 2.35. The second-order valence-corrected chi connectivity index (χ2v) is 5.25. The third kappa shape index (κ3) is 2.36. The number of halogens is 1. The minimum atomic E-state index is -0.908. The second-order valence-electron chi connectivity index (χ2n) is 4.01. The van der Waals surface area contributed by atoms with E-state index in [0.717, 1.165) is 20.4 Å². The first-order valence-electron chi connectivity index (χ1n) is 5.18. The minimum Gasteiger partial charge on any atom is -0.477 e. The van der Waals surface area contributed by atoms with Gasteiger partial charge in [0.05, 0.1) is 0 Å². The minimum absolute atomic E-state index is 0.295. The van der Waals surface area contributed by atoms with Crippen molar-refractivity contribution in [1.82, 2.24) is 4.57 Å². The Morgan fingerprint density at radius 2 is 2.00 bits per heavy atom. The lowest BCUT2D eigenvalue weighted by Gasteiger charge is -2.10. The van der Waals surface area contributed by atoms with Crippen LogP contribution in [0.5, 0.6) is 0 Å². The Balaban J connectivity index is 2.67. The number of carboxylic acids is 1. The average molecular weight is 341 g/mol. The van der Waals surface area contributed by atoms with Gasteiger partial charge in [-0.05, 0) is 59.7 Å². The van der Waals surface area contributed by atoms with E-state index in [-0.39, 0.29) is 0 Å². The van der Waals surface area contributed by atoms with Crippen LogP contribution in [0.15, 0.2) is 30.5 Å². The fraction of sp³-hybridized carbons (Fsp3) is 0.154. The Kier molecular flexibility index (Phi) is 3.24. The molecule has 2 rings (SSSR count). The highest BCUT2D eigenvalue weighted by molar-refractivity contribution is 14.1. The van der Waals surface area contributed by atoms with Crippen molar-refractivity contribution in [2.45, 2.75) is 13.8 Å². The van der Waals surface area contributed by atoms with Gasteiger partial charge >= 0.3 is 5.97 Å². The normalized spacial score (nSPS) is 10.5.